The topological polar surface area (TPSA) is 80.0 Å². The summed E-state index contributed by atoms with van der Waals surface area (Å²) in [7, 11) is 0. The zero-order valence-electron chi connectivity index (χ0n) is 10.1. The van der Waals surface area contributed by atoms with Crippen molar-refractivity contribution in [3.05, 3.63) is 24.0 Å². The molecule has 0 saturated carbocycles. The molecule has 98 valence electrons. The van der Waals surface area contributed by atoms with Crippen molar-refractivity contribution in [2.45, 2.75) is 18.6 Å². The first-order valence-electron chi connectivity index (χ1n) is 6.19. The van der Waals surface area contributed by atoms with Gasteiger partial charge in [0, 0.05) is 18.8 Å². The normalized spacial score (nSPS) is 25.4. The van der Waals surface area contributed by atoms with Crippen LogP contribution in [0.1, 0.15) is 16.9 Å². The van der Waals surface area contributed by atoms with Crippen molar-refractivity contribution in [3.63, 3.8) is 0 Å². The Bertz CT molecular complexity index is 668. The number of anilines is 1. The van der Waals surface area contributed by atoms with Gasteiger partial charge in [-0.3, -0.25) is 0 Å². The van der Waals surface area contributed by atoms with Crippen molar-refractivity contribution in [1.82, 2.24) is 14.6 Å². The van der Waals surface area contributed by atoms with Crippen LogP contribution in [0.25, 0.3) is 5.65 Å². The summed E-state index contributed by atoms with van der Waals surface area (Å²) in [6, 6.07) is 3.74. The van der Waals surface area contributed by atoms with E-state index in [2.05, 4.69) is 15.0 Å². The van der Waals surface area contributed by atoms with Crippen LogP contribution in [0, 0.1) is 0 Å². The fourth-order valence-corrected chi connectivity index (χ4v) is 2.81. The second-order valence-electron chi connectivity index (χ2n) is 4.92. The van der Waals surface area contributed by atoms with E-state index >= 15 is 0 Å². The van der Waals surface area contributed by atoms with Crippen molar-refractivity contribution in [1.29, 1.82) is 0 Å². The third-order valence-electron chi connectivity index (χ3n) is 3.72. The molecule has 0 amide bonds. The maximum atomic E-state index is 10.9. The van der Waals surface area contributed by atoms with Crippen LogP contribution >= 0.6 is 0 Å². The monoisotopic (exact) mass is 260 g/mol. The molecule has 2 aliphatic rings. The number of morpholine rings is 1. The summed E-state index contributed by atoms with van der Waals surface area (Å²) in [5.74, 6) is -0.180. The Morgan fingerprint density at radius 1 is 1.53 bits per heavy atom. The van der Waals surface area contributed by atoms with Crippen LogP contribution in [0.3, 0.4) is 0 Å². The van der Waals surface area contributed by atoms with Crippen LogP contribution in [-0.2, 0) is 4.74 Å². The minimum absolute atomic E-state index is 0.0101. The molecule has 19 heavy (non-hydrogen) atoms. The highest BCUT2D eigenvalue weighted by Gasteiger charge is 2.39. The minimum Gasteiger partial charge on any atom is -0.476 e. The molecule has 2 aromatic heterocycles. The van der Waals surface area contributed by atoms with E-state index in [0.717, 1.165) is 25.4 Å². The van der Waals surface area contributed by atoms with Crippen molar-refractivity contribution >= 4 is 17.4 Å². The summed E-state index contributed by atoms with van der Waals surface area (Å²) in [4.78, 5) is 17.6. The van der Waals surface area contributed by atoms with E-state index in [0.29, 0.717) is 17.8 Å². The molecular formula is C12H12N4O3. The molecule has 2 fully saturated rings. The van der Waals surface area contributed by atoms with Gasteiger partial charge in [0.15, 0.2) is 11.3 Å². The molecule has 0 aromatic carbocycles. The smallest absolute Gasteiger partial charge is 0.356 e. The number of aromatic carboxylic acids is 1. The predicted octanol–water partition coefficient (Wildman–Crippen LogP) is 0.405. The molecule has 0 spiro atoms. The van der Waals surface area contributed by atoms with Crippen molar-refractivity contribution in [2.75, 3.05) is 18.1 Å². The Morgan fingerprint density at radius 2 is 2.42 bits per heavy atom. The predicted molar refractivity (Wildman–Crippen MR) is 65.4 cm³/mol. The molecule has 2 aromatic rings. The highest BCUT2D eigenvalue weighted by atomic mass is 16.5. The molecule has 0 radical (unpaired) electrons. The summed E-state index contributed by atoms with van der Waals surface area (Å²) >= 11 is 0. The van der Waals surface area contributed by atoms with E-state index < -0.39 is 5.97 Å². The Hall–Kier alpha value is -2.15. The number of carboxylic acids is 1. The average Bonchev–Trinajstić information content (AvgIpc) is 3.11. The van der Waals surface area contributed by atoms with Crippen molar-refractivity contribution in [2.24, 2.45) is 0 Å². The van der Waals surface area contributed by atoms with Gasteiger partial charge in [-0.05, 0) is 12.5 Å². The molecule has 2 bridgehead atoms. The van der Waals surface area contributed by atoms with Crippen LogP contribution in [-0.4, -0.2) is 51.0 Å². The zero-order valence-corrected chi connectivity index (χ0v) is 10.1. The molecule has 1 N–H and O–H groups in total. The quantitative estimate of drug-likeness (QED) is 0.842. The van der Waals surface area contributed by atoms with Crippen LogP contribution in [0.15, 0.2) is 18.3 Å². The van der Waals surface area contributed by atoms with E-state index in [1.807, 2.05) is 6.07 Å². The summed E-state index contributed by atoms with van der Waals surface area (Å²) in [6.07, 6.45) is 3.10. The van der Waals surface area contributed by atoms with Gasteiger partial charge in [0.25, 0.3) is 0 Å². The summed E-state index contributed by atoms with van der Waals surface area (Å²) in [5.41, 5.74) is 0.564. The molecule has 2 atom stereocenters. The standard InChI is InChI=1S/C12H12N4O3/c17-12(18)9-4-11-13-10(1-2-16(11)14-9)15-5-8-3-7(15)6-19-8/h1-2,4,7-8H,3,5-6H2,(H,17,18)/t7-,8-/m1/s1. The third-order valence-corrected chi connectivity index (χ3v) is 3.72. The van der Waals surface area contributed by atoms with Gasteiger partial charge < -0.3 is 14.7 Å². The lowest BCUT2D eigenvalue weighted by Crippen LogP contribution is -2.37. The van der Waals surface area contributed by atoms with Gasteiger partial charge in [0.1, 0.15) is 5.82 Å². The average molecular weight is 260 g/mol. The Labute approximate surface area is 108 Å². The minimum atomic E-state index is -1.04. The van der Waals surface area contributed by atoms with Gasteiger partial charge in [0.2, 0.25) is 0 Å². The van der Waals surface area contributed by atoms with Crippen molar-refractivity contribution < 1.29 is 14.6 Å². The van der Waals surface area contributed by atoms with Gasteiger partial charge in [0.05, 0.1) is 18.8 Å². The SMILES string of the molecule is O=C(O)c1cc2nc(N3C[C@H]4C[C@@H]3CO4)ccn2n1. The van der Waals surface area contributed by atoms with E-state index in [-0.39, 0.29) is 5.69 Å². The van der Waals surface area contributed by atoms with E-state index in [9.17, 15) is 4.79 Å². The number of ether oxygens (including phenoxy) is 1. The molecule has 7 nitrogen and oxygen atoms in total. The maximum Gasteiger partial charge on any atom is 0.356 e. The molecule has 4 heterocycles. The third kappa shape index (κ3) is 1.58. The number of aromatic nitrogens is 3. The Kier molecular flexibility index (Phi) is 2.08. The molecule has 4 rings (SSSR count). The molecule has 0 unspecified atom stereocenters. The maximum absolute atomic E-state index is 10.9. The molecule has 2 saturated heterocycles. The number of hydrogen-bond donors (Lipinski definition) is 1. The van der Waals surface area contributed by atoms with Crippen LogP contribution in [0.5, 0.6) is 0 Å². The van der Waals surface area contributed by atoms with Gasteiger partial charge in [-0.2, -0.15) is 5.10 Å². The number of hydrogen-bond acceptors (Lipinski definition) is 5. The summed E-state index contributed by atoms with van der Waals surface area (Å²) < 4.78 is 7.05. The highest BCUT2D eigenvalue weighted by molar-refractivity contribution is 5.86. The second-order valence-corrected chi connectivity index (χ2v) is 4.92. The number of carboxylic acid groups (broad SMARTS) is 1. The van der Waals surface area contributed by atoms with Gasteiger partial charge in [-0.1, -0.05) is 0 Å². The van der Waals surface area contributed by atoms with E-state index in [1.54, 1.807) is 6.20 Å². The first-order chi connectivity index (χ1) is 9.20. The Balaban J connectivity index is 1.73. The van der Waals surface area contributed by atoms with Crippen LogP contribution < -0.4 is 4.90 Å². The number of nitrogens with zero attached hydrogens (tertiary/aromatic N) is 4. The van der Waals surface area contributed by atoms with Gasteiger partial charge >= 0.3 is 5.97 Å². The lowest BCUT2D eigenvalue weighted by molar-refractivity contribution is 0.0690. The second kappa shape index (κ2) is 3.67. The summed E-state index contributed by atoms with van der Waals surface area (Å²) in [6.45, 7) is 1.60. The van der Waals surface area contributed by atoms with E-state index in [1.165, 1.54) is 10.6 Å². The molecule has 2 aliphatic heterocycles. The lowest BCUT2D eigenvalue weighted by atomic mass is 10.2. The fraction of sp³-hybridized carbons (Fsp3) is 0.417. The van der Waals surface area contributed by atoms with E-state index in [4.69, 9.17) is 9.84 Å². The molecule has 0 aliphatic carbocycles. The van der Waals surface area contributed by atoms with Gasteiger partial charge in [-0.25, -0.2) is 14.3 Å². The largest absolute Gasteiger partial charge is 0.476 e. The van der Waals surface area contributed by atoms with Crippen LogP contribution in [0.4, 0.5) is 5.82 Å². The number of carbonyl (C=O) groups is 1. The first kappa shape index (κ1) is 10.7. The number of rotatable bonds is 2. The van der Waals surface area contributed by atoms with Gasteiger partial charge in [-0.15, -0.1) is 0 Å². The summed E-state index contributed by atoms with van der Waals surface area (Å²) in [5, 5.41) is 12.9. The lowest BCUT2D eigenvalue weighted by Gasteiger charge is -2.27. The zero-order chi connectivity index (χ0) is 13.0. The van der Waals surface area contributed by atoms with Crippen LogP contribution in [0.2, 0.25) is 0 Å². The van der Waals surface area contributed by atoms with Crippen molar-refractivity contribution in [3.8, 4) is 0 Å². The first-order valence-corrected chi connectivity index (χ1v) is 6.19. The Morgan fingerprint density at radius 3 is 3.11 bits per heavy atom. The highest BCUT2D eigenvalue weighted by Crippen LogP contribution is 2.31. The molecule has 7 heteroatoms. The number of fused-ring (bicyclic) bond motifs is 3. The fourth-order valence-electron chi connectivity index (χ4n) is 2.81. The molecular weight excluding hydrogens is 248 g/mol.